The van der Waals surface area contributed by atoms with Crippen LogP contribution in [0.15, 0.2) is 0 Å². The van der Waals surface area contributed by atoms with Crippen LogP contribution in [0.25, 0.3) is 0 Å². The van der Waals surface area contributed by atoms with Crippen molar-refractivity contribution in [2.75, 3.05) is 20.6 Å². The second kappa shape index (κ2) is 5.32. The highest BCUT2D eigenvalue weighted by Crippen LogP contribution is 2.18. The van der Waals surface area contributed by atoms with E-state index in [2.05, 4.69) is 0 Å². The summed E-state index contributed by atoms with van der Waals surface area (Å²) < 4.78 is 32.0. The Morgan fingerprint density at radius 3 is 2.06 bits per heavy atom. The molecule has 0 spiro atoms. The lowest BCUT2D eigenvalue weighted by atomic mass is 10.4. The average molecular weight is 258 g/mol. The summed E-state index contributed by atoms with van der Waals surface area (Å²) in [5, 5.41) is 19.4. The maximum atomic E-state index is 10.5. The van der Waals surface area contributed by atoms with Gasteiger partial charge >= 0.3 is 6.18 Å². The largest absolute Gasteiger partial charge is 0.542 e. The van der Waals surface area contributed by atoms with Gasteiger partial charge in [0.15, 0.2) is 6.23 Å². The quantitative estimate of drug-likeness (QED) is 0.456. The van der Waals surface area contributed by atoms with Crippen LogP contribution in [0.4, 0.5) is 13.2 Å². The van der Waals surface area contributed by atoms with Gasteiger partial charge in [0.2, 0.25) is 0 Å². The van der Waals surface area contributed by atoms with Gasteiger partial charge in [0.25, 0.3) is 6.41 Å². The number of aliphatic hydroxyl groups is 1. The molecule has 0 aromatic rings. The van der Waals surface area contributed by atoms with Crippen molar-refractivity contribution in [2.45, 2.75) is 18.8 Å². The maximum Gasteiger partial charge on any atom is 0.430 e. The minimum absolute atomic E-state index is 0.463. The molecule has 100 valence electrons. The summed E-state index contributed by atoms with van der Waals surface area (Å²) in [6.45, 7) is 0.819. The van der Waals surface area contributed by atoms with Crippen LogP contribution in [-0.2, 0) is 9.59 Å². The Morgan fingerprint density at radius 1 is 1.53 bits per heavy atom. The van der Waals surface area contributed by atoms with Crippen LogP contribution in [0.1, 0.15) is 6.42 Å². The molecule has 0 aliphatic carbocycles. The summed E-state index contributed by atoms with van der Waals surface area (Å²) in [6.07, 6.45) is -4.42. The molecule has 1 heterocycles. The maximum absolute atomic E-state index is 10.5. The van der Waals surface area contributed by atoms with Gasteiger partial charge in [-0.25, -0.2) is 4.59 Å². The molecule has 1 aliphatic heterocycles. The highest BCUT2D eigenvalue weighted by atomic mass is 19.4. The second-order valence-corrected chi connectivity index (χ2v) is 3.88. The lowest BCUT2D eigenvalue weighted by molar-refractivity contribution is -0.979. The van der Waals surface area contributed by atoms with Crippen LogP contribution in [0.3, 0.4) is 0 Å². The Bertz CT molecular complexity index is 293. The average Bonchev–Trinajstić information content (AvgIpc) is 2.39. The van der Waals surface area contributed by atoms with Gasteiger partial charge in [-0.2, -0.15) is 18.2 Å². The Hall–Kier alpha value is -1.35. The van der Waals surface area contributed by atoms with Crippen molar-refractivity contribution in [1.82, 2.24) is 5.01 Å². The predicted molar refractivity (Wildman–Crippen MR) is 46.6 cm³/mol. The van der Waals surface area contributed by atoms with Gasteiger partial charge in [0, 0.05) is 6.42 Å². The van der Waals surface area contributed by atoms with Crippen molar-refractivity contribution in [3.8, 4) is 0 Å². The Morgan fingerprint density at radius 2 is 1.94 bits per heavy atom. The molecular weight excluding hydrogens is 245 g/mol. The highest BCUT2D eigenvalue weighted by Gasteiger charge is 2.38. The summed E-state index contributed by atoms with van der Waals surface area (Å²) in [7, 11) is 3.79. The van der Waals surface area contributed by atoms with E-state index in [9.17, 15) is 23.1 Å². The van der Waals surface area contributed by atoms with Gasteiger partial charge in [0.05, 0.1) is 14.1 Å². The number of hydrogen-bond acceptors (Lipinski definition) is 4. The highest BCUT2D eigenvalue weighted by molar-refractivity contribution is 5.70. The second-order valence-electron chi connectivity index (χ2n) is 3.88. The summed E-state index contributed by atoms with van der Waals surface area (Å²) in [6, 6.07) is 0. The minimum Gasteiger partial charge on any atom is -0.542 e. The number of rotatable bonds is 1. The number of alkyl halides is 3. The predicted octanol–water partition coefficient (Wildman–Crippen LogP) is -1.54. The molecule has 1 fully saturated rings. The number of quaternary nitrogens is 1. The monoisotopic (exact) mass is 258 g/mol. The zero-order valence-electron chi connectivity index (χ0n) is 9.27. The molecule has 17 heavy (non-hydrogen) atoms. The molecule has 9 heteroatoms. The van der Waals surface area contributed by atoms with E-state index in [1.807, 2.05) is 14.1 Å². The van der Waals surface area contributed by atoms with Crippen LogP contribution in [0.2, 0.25) is 0 Å². The van der Waals surface area contributed by atoms with Crippen molar-refractivity contribution >= 4 is 12.4 Å². The van der Waals surface area contributed by atoms with Crippen molar-refractivity contribution in [1.29, 1.82) is 0 Å². The van der Waals surface area contributed by atoms with E-state index >= 15 is 0 Å². The zero-order valence-corrected chi connectivity index (χ0v) is 9.27. The number of carbonyl (C=O) groups is 2. The third-order valence-electron chi connectivity index (χ3n) is 2.20. The van der Waals surface area contributed by atoms with Gasteiger partial charge in [-0.1, -0.05) is 0 Å². The normalized spacial score (nSPS) is 22.7. The number of aliphatic hydroxyl groups excluding tert-OH is 1. The first-order chi connectivity index (χ1) is 7.52. The molecule has 0 saturated carbocycles. The minimum atomic E-state index is -5.19. The van der Waals surface area contributed by atoms with E-state index in [0.717, 1.165) is 6.54 Å². The third-order valence-corrected chi connectivity index (χ3v) is 2.20. The number of amides is 1. The van der Waals surface area contributed by atoms with E-state index in [4.69, 9.17) is 9.90 Å². The summed E-state index contributed by atoms with van der Waals surface area (Å²) >= 11 is 0. The number of nitrogens with zero attached hydrogens (tertiary/aromatic N) is 2. The standard InChI is InChI=1S/C6H13N2O2.C2HF3O2/c1-8(2)4-3-6(10)7(8)5-9;3-2(4,5)1(6)7/h5-6,10H,3-4H2,1-2H3;(H,6,7)/q+1;/p-1. The van der Waals surface area contributed by atoms with E-state index in [0.29, 0.717) is 17.4 Å². The van der Waals surface area contributed by atoms with Gasteiger partial charge in [-0.15, -0.1) is 0 Å². The summed E-state index contributed by atoms with van der Waals surface area (Å²) in [5.41, 5.74) is 0. The lowest BCUT2D eigenvalue weighted by Gasteiger charge is -2.30. The number of carboxylic acid groups (broad SMARTS) is 1. The topological polar surface area (TPSA) is 80.7 Å². The number of carbonyl (C=O) groups excluding carboxylic acids is 2. The van der Waals surface area contributed by atoms with Gasteiger partial charge in [0.1, 0.15) is 12.5 Å². The molecule has 1 rings (SSSR count). The molecule has 1 unspecified atom stereocenters. The van der Waals surface area contributed by atoms with E-state index in [-0.39, 0.29) is 0 Å². The fourth-order valence-corrected chi connectivity index (χ4v) is 1.24. The molecule has 0 aromatic heterocycles. The molecule has 6 nitrogen and oxygen atoms in total. The Kier molecular flexibility index (Phi) is 4.90. The van der Waals surface area contributed by atoms with Gasteiger partial charge in [-0.3, -0.25) is 4.79 Å². The zero-order chi connectivity index (χ0) is 13.9. The molecular formula is C8H13F3N2O4. The first kappa shape index (κ1) is 15.7. The van der Waals surface area contributed by atoms with Gasteiger partial charge in [-0.05, 0) is 0 Å². The van der Waals surface area contributed by atoms with Crippen LogP contribution in [0, 0.1) is 0 Å². The first-order valence-corrected chi connectivity index (χ1v) is 4.55. The Labute approximate surface area is 95.4 Å². The van der Waals surface area contributed by atoms with E-state index in [1.54, 1.807) is 0 Å². The molecule has 1 saturated heterocycles. The Balaban J connectivity index is 0.000000325. The molecule has 1 aliphatic rings. The first-order valence-electron chi connectivity index (χ1n) is 4.55. The molecule has 0 aromatic carbocycles. The number of hydrogen-bond donors (Lipinski definition) is 1. The number of aliphatic carboxylic acids is 1. The number of carboxylic acids is 1. The fraction of sp³-hybridized carbons (Fsp3) is 0.750. The molecule has 1 N–H and O–H groups in total. The molecule has 1 atom stereocenters. The fourth-order valence-electron chi connectivity index (χ4n) is 1.24. The smallest absolute Gasteiger partial charge is 0.430 e. The van der Waals surface area contributed by atoms with Crippen LogP contribution in [0.5, 0.6) is 0 Å². The molecule has 1 amide bonds. The molecule has 0 radical (unpaired) electrons. The SMILES string of the molecule is C[N+]1(C)CCC(O)N1C=O.O=C([O-])C(F)(F)F. The third kappa shape index (κ3) is 4.57. The van der Waals surface area contributed by atoms with E-state index in [1.165, 1.54) is 5.01 Å². The van der Waals surface area contributed by atoms with Crippen molar-refractivity contribution in [3.63, 3.8) is 0 Å². The summed E-state index contributed by atoms with van der Waals surface area (Å²) in [4.78, 5) is 19.2. The summed E-state index contributed by atoms with van der Waals surface area (Å²) in [5.74, 6) is -3.01. The van der Waals surface area contributed by atoms with Crippen LogP contribution >= 0.6 is 0 Å². The van der Waals surface area contributed by atoms with Crippen molar-refractivity contribution in [3.05, 3.63) is 0 Å². The van der Waals surface area contributed by atoms with Crippen molar-refractivity contribution in [2.24, 2.45) is 0 Å². The van der Waals surface area contributed by atoms with Crippen LogP contribution in [-0.4, -0.2) is 60.1 Å². The lowest BCUT2D eigenvalue weighted by Crippen LogP contribution is -2.51. The van der Waals surface area contributed by atoms with Crippen molar-refractivity contribution < 1.29 is 37.6 Å². The molecule has 0 bridgehead atoms. The number of halogens is 3. The van der Waals surface area contributed by atoms with Gasteiger partial charge < -0.3 is 15.0 Å². The van der Waals surface area contributed by atoms with E-state index < -0.39 is 18.4 Å². The van der Waals surface area contributed by atoms with Crippen LogP contribution < -0.4 is 5.11 Å².